The molecule has 60 valence electrons. The Labute approximate surface area is 67.8 Å². The minimum Gasteiger partial charge on any atom is -0.288 e. The zero-order chi connectivity index (χ0) is 7.90. The van der Waals surface area contributed by atoms with E-state index in [1.165, 1.54) is 19.3 Å². The Balaban J connectivity index is 2.21. The number of hydrogen-bond acceptors (Lipinski definition) is 2. The molecule has 2 aliphatic rings. The van der Waals surface area contributed by atoms with Crippen molar-refractivity contribution in [1.29, 1.82) is 5.26 Å². The molecule has 11 heavy (non-hydrogen) atoms. The molecule has 2 unspecified atom stereocenters. The Bertz CT molecular complexity index is 198. The van der Waals surface area contributed by atoms with Gasteiger partial charge in [0, 0.05) is 0 Å². The lowest BCUT2D eigenvalue weighted by Gasteiger charge is -2.53. The van der Waals surface area contributed by atoms with Gasteiger partial charge in [-0.3, -0.25) is 4.90 Å². The topological polar surface area (TPSA) is 27.0 Å². The van der Waals surface area contributed by atoms with E-state index in [2.05, 4.69) is 18.0 Å². The van der Waals surface area contributed by atoms with E-state index in [0.717, 1.165) is 13.0 Å². The molecule has 2 nitrogen and oxygen atoms in total. The molecule has 0 aromatic heterocycles. The first kappa shape index (κ1) is 7.12. The molecule has 0 radical (unpaired) electrons. The Morgan fingerprint density at radius 3 is 2.73 bits per heavy atom. The molecule has 1 heterocycles. The molecule has 1 saturated heterocycles. The summed E-state index contributed by atoms with van der Waals surface area (Å²) in [5.41, 5.74) is -0.0434. The molecule has 2 rings (SSSR count). The van der Waals surface area contributed by atoms with Gasteiger partial charge in [-0.1, -0.05) is 0 Å². The quantitative estimate of drug-likeness (QED) is 0.521. The highest BCUT2D eigenvalue weighted by molar-refractivity contribution is 5.19. The van der Waals surface area contributed by atoms with E-state index in [4.69, 9.17) is 5.26 Å². The number of fused-ring (bicyclic) bond motifs is 1. The molecule has 2 heteroatoms. The normalized spacial score (nSPS) is 43.8. The van der Waals surface area contributed by atoms with Gasteiger partial charge in [-0.15, -0.1) is 0 Å². The highest BCUT2D eigenvalue weighted by Crippen LogP contribution is 2.47. The number of rotatable bonds is 0. The van der Waals surface area contributed by atoms with E-state index < -0.39 is 0 Å². The van der Waals surface area contributed by atoms with Gasteiger partial charge in [0.25, 0.3) is 0 Å². The van der Waals surface area contributed by atoms with Crippen molar-refractivity contribution in [2.75, 3.05) is 13.6 Å². The van der Waals surface area contributed by atoms with Crippen molar-refractivity contribution in [2.45, 2.75) is 31.2 Å². The van der Waals surface area contributed by atoms with Gasteiger partial charge in [-0.2, -0.15) is 5.26 Å². The van der Waals surface area contributed by atoms with Crippen LogP contribution in [0.1, 0.15) is 25.7 Å². The molecule has 0 aromatic carbocycles. The van der Waals surface area contributed by atoms with Crippen molar-refractivity contribution in [2.24, 2.45) is 5.92 Å². The Kier molecular flexibility index (Phi) is 1.43. The van der Waals surface area contributed by atoms with Crippen LogP contribution >= 0.6 is 0 Å². The van der Waals surface area contributed by atoms with E-state index in [-0.39, 0.29) is 5.54 Å². The third-order valence-corrected chi connectivity index (χ3v) is 3.47. The number of piperidine rings is 1. The lowest BCUT2D eigenvalue weighted by Crippen LogP contribution is -2.60. The summed E-state index contributed by atoms with van der Waals surface area (Å²) in [7, 11) is 2.09. The lowest BCUT2D eigenvalue weighted by molar-refractivity contribution is -0.0178. The average molecular weight is 150 g/mol. The minimum atomic E-state index is -0.0434. The minimum absolute atomic E-state index is 0.0434. The van der Waals surface area contributed by atoms with Crippen LogP contribution in [0.15, 0.2) is 0 Å². The summed E-state index contributed by atoms with van der Waals surface area (Å²) in [4.78, 5) is 2.25. The second-order valence-electron chi connectivity index (χ2n) is 3.84. The first-order valence-corrected chi connectivity index (χ1v) is 4.42. The smallest absolute Gasteiger partial charge is 0.111 e. The third kappa shape index (κ3) is 0.750. The van der Waals surface area contributed by atoms with E-state index >= 15 is 0 Å². The number of hydrogen-bond donors (Lipinski definition) is 0. The summed E-state index contributed by atoms with van der Waals surface area (Å²) < 4.78 is 0. The van der Waals surface area contributed by atoms with E-state index in [9.17, 15) is 0 Å². The summed E-state index contributed by atoms with van der Waals surface area (Å²) in [5.74, 6) is 0.686. The highest BCUT2D eigenvalue weighted by atomic mass is 15.2. The van der Waals surface area contributed by atoms with Crippen LogP contribution in [-0.2, 0) is 0 Å². The van der Waals surface area contributed by atoms with Gasteiger partial charge in [0.2, 0.25) is 0 Å². The fourth-order valence-electron chi connectivity index (χ4n) is 2.51. The average Bonchev–Trinajstić information content (AvgIpc) is 1.96. The molecule has 1 aliphatic heterocycles. The molecule has 0 N–H and O–H groups in total. The molecule has 2 fully saturated rings. The van der Waals surface area contributed by atoms with Crippen molar-refractivity contribution in [3.8, 4) is 6.07 Å². The van der Waals surface area contributed by atoms with Gasteiger partial charge in [0.05, 0.1) is 6.07 Å². The fraction of sp³-hybridized carbons (Fsp3) is 0.889. The van der Waals surface area contributed by atoms with Crippen LogP contribution in [0.4, 0.5) is 0 Å². The SMILES string of the molecule is CN1CCCC2CCC21C#N. The summed E-state index contributed by atoms with van der Waals surface area (Å²) in [6, 6.07) is 2.49. The van der Waals surface area contributed by atoms with E-state index in [1.807, 2.05) is 0 Å². The van der Waals surface area contributed by atoms with Gasteiger partial charge in [0.1, 0.15) is 5.54 Å². The van der Waals surface area contributed by atoms with Crippen molar-refractivity contribution >= 4 is 0 Å². The largest absolute Gasteiger partial charge is 0.288 e. The monoisotopic (exact) mass is 150 g/mol. The number of likely N-dealkylation sites (tertiary alicyclic amines) is 1. The van der Waals surface area contributed by atoms with Crippen LogP contribution in [0.5, 0.6) is 0 Å². The predicted molar refractivity (Wildman–Crippen MR) is 42.9 cm³/mol. The van der Waals surface area contributed by atoms with E-state index in [1.54, 1.807) is 0 Å². The second-order valence-corrected chi connectivity index (χ2v) is 3.84. The Hall–Kier alpha value is -0.550. The maximum absolute atomic E-state index is 9.05. The number of nitriles is 1. The van der Waals surface area contributed by atoms with Gasteiger partial charge >= 0.3 is 0 Å². The molecule has 0 aromatic rings. The third-order valence-electron chi connectivity index (χ3n) is 3.47. The number of nitrogens with zero attached hydrogens (tertiary/aromatic N) is 2. The Morgan fingerprint density at radius 2 is 2.36 bits per heavy atom. The van der Waals surface area contributed by atoms with Crippen LogP contribution in [0, 0.1) is 17.2 Å². The van der Waals surface area contributed by atoms with Crippen molar-refractivity contribution in [1.82, 2.24) is 4.90 Å². The van der Waals surface area contributed by atoms with Crippen LogP contribution < -0.4 is 0 Å². The molecular formula is C9H14N2. The molecule has 0 bridgehead atoms. The fourth-order valence-corrected chi connectivity index (χ4v) is 2.51. The highest BCUT2D eigenvalue weighted by Gasteiger charge is 2.51. The van der Waals surface area contributed by atoms with Crippen molar-refractivity contribution in [3.63, 3.8) is 0 Å². The lowest BCUT2D eigenvalue weighted by atomic mass is 9.63. The molecule has 1 saturated carbocycles. The van der Waals surface area contributed by atoms with Gasteiger partial charge in [-0.25, -0.2) is 0 Å². The zero-order valence-corrected chi connectivity index (χ0v) is 7.01. The van der Waals surface area contributed by atoms with Gasteiger partial charge in [0.15, 0.2) is 0 Å². The summed E-state index contributed by atoms with van der Waals surface area (Å²) in [6.07, 6.45) is 4.94. The maximum atomic E-state index is 9.05. The first-order valence-electron chi connectivity index (χ1n) is 4.42. The van der Waals surface area contributed by atoms with Crippen LogP contribution in [0.25, 0.3) is 0 Å². The van der Waals surface area contributed by atoms with Crippen LogP contribution in [0.3, 0.4) is 0 Å². The zero-order valence-electron chi connectivity index (χ0n) is 7.01. The molecule has 1 aliphatic carbocycles. The standard InChI is InChI=1S/C9H14N2/c1-11-6-2-3-8-4-5-9(8,11)7-10/h8H,2-6H2,1H3. The summed E-state index contributed by atoms with van der Waals surface area (Å²) in [6.45, 7) is 1.12. The van der Waals surface area contributed by atoms with Crippen LogP contribution in [-0.4, -0.2) is 24.0 Å². The van der Waals surface area contributed by atoms with Gasteiger partial charge < -0.3 is 0 Å². The second kappa shape index (κ2) is 2.22. The Morgan fingerprint density at radius 1 is 1.55 bits per heavy atom. The van der Waals surface area contributed by atoms with Gasteiger partial charge in [-0.05, 0) is 45.2 Å². The molecule has 0 spiro atoms. The summed E-state index contributed by atoms with van der Waals surface area (Å²) >= 11 is 0. The summed E-state index contributed by atoms with van der Waals surface area (Å²) in [5, 5.41) is 9.05. The molecule has 0 amide bonds. The first-order chi connectivity index (χ1) is 5.29. The maximum Gasteiger partial charge on any atom is 0.111 e. The van der Waals surface area contributed by atoms with Crippen molar-refractivity contribution in [3.05, 3.63) is 0 Å². The van der Waals surface area contributed by atoms with Crippen molar-refractivity contribution < 1.29 is 0 Å². The van der Waals surface area contributed by atoms with E-state index in [0.29, 0.717) is 5.92 Å². The molecule has 2 atom stereocenters. The van der Waals surface area contributed by atoms with Crippen LogP contribution in [0.2, 0.25) is 0 Å². The predicted octanol–water partition coefficient (Wildman–Crippen LogP) is 1.38. The molecular weight excluding hydrogens is 136 g/mol.